The SMILES string of the molecule is CC[C](/C=C/c1ccccc1)CC. The third kappa shape index (κ3) is 3.45. The van der Waals surface area contributed by atoms with E-state index in [1.54, 1.807) is 0 Å². The number of hydrogen-bond donors (Lipinski definition) is 0. The van der Waals surface area contributed by atoms with Crippen molar-refractivity contribution < 1.29 is 0 Å². The zero-order valence-electron chi connectivity index (χ0n) is 8.46. The van der Waals surface area contributed by atoms with Crippen LogP contribution in [-0.4, -0.2) is 0 Å². The highest BCUT2D eigenvalue weighted by atomic mass is 14.0. The third-order valence-corrected chi connectivity index (χ3v) is 2.22. The Morgan fingerprint density at radius 3 is 2.23 bits per heavy atom. The molecular formula is C13H17. The van der Waals surface area contributed by atoms with E-state index in [1.165, 1.54) is 11.5 Å². The molecule has 1 radical (unpaired) electrons. The van der Waals surface area contributed by atoms with Gasteiger partial charge in [-0.1, -0.05) is 56.3 Å². The molecule has 0 unspecified atom stereocenters. The molecule has 13 heavy (non-hydrogen) atoms. The lowest BCUT2D eigenvalue weighted by Crippen LogP contribution is -1.86. The molecule has 69 valence electrons. The van der Waals surface area contributed by atoms with Crippen molar-refractivity contribution >= 4 is 6.08 Å². The highest BCUT2D eigenvalue weighted by Gasteiger charge is 1.96. The minimum atomic E-state index is 1.15. The quantitative estimate of drug-likeness (QED) is 0.643. The number of benzene rings is 1. The molecule has 1 aromatic carbocycles. The van der Waals surface area contributed by atoms with E-state index in [2.05, 4.69) is 50.3 Å². The Morgan fingerprint density at radius 1 is 1.08 bits per heavy atom. The molecule has 0 N–H and O–H groups in total. The molecule has 0 heterocycles. The van der Waals surface area contributed by atoms with Crippen molar-refractivity contribution in [2.24, 2.45) is 0 Å². The van der Waals surface area contributed by atoms with Crippen LogP contribution in [0.2, 0.25) is 0 Å². The summed E-state index contributed by atoms with van der Waals surface area (Å²) in [4.78, 5) is 0. The van der Waals surface area contributed by atoms with Crippen LogP contribution in [0, 0.1) is 5.92 Å². The molecule has 0 fully saturated rings. The summed E-state index contributed by atoms with van der Waals surface area (Å²) in [6.07, 6.45) is 6.72. The highest BCUT2D eigenvalue weighted by Crippen LogP contribution is 2.14. The van der Waals surface area contributed by atoms with Crippen molar-refractivity contribution in [1.29, 1.82) is 0 Å². The maximum Gasteiger partial charge on any atom is -0.00293 e. The minimum Gasteiger partial charge on any atom is -0.0769 e. The van der Waals surface area contributed by atoms with Crippen LogP contribution < -0.4 is 0 Å². The third-order valence-electron chi connectivity index (χ3n) is 2.22. The van der Waals surface area contributed by atoms with Gasteiger partial charge in [0.25, 0.3) is 0 Å². The van der Waals surface area contributed by atoms with Crippen molar-refractivity contribution in [1.82, 2.24) is 0 Å². The fourth-order valence-electron chi connectivity index (χ4n) is 1.26. The average molecular weight is 173 g/mol. The van der Waals surface area contributed by atoms with Gasteiger partial charge in [0.2, 0.25) is 0 Å². The Kier molecular flexibility index (Phi) is 4.31. The van der Waals surface area contributed by atoms with Crippen molar-refractivity contribution in [3.05, 3.63) is 47.9 Å². The average Bonchev–Trinajstić information content (AvgIpc) is 2.21. The lowest BCUT2D eigenvalue weighted by atomic mass is 10.0. The molecule has 0 atom stereocenters. The summed E-state index contributed by atoms with van der Waals surface area (Å²) in [6, 6.07) is 10.4. The summed E-state index contributed by atoms with van der Waals surface area (Å²) in [6.45, 7) is 4.41. The van der Waals surface area contributed by atoms with Crippen LogP contribution in [0.25, 0.3) is 6.08 Å². The molecule has 1 aromatic rings. The first-order chi connectivity index (χ1) is 6.36. The monoisotopic (exact) mass is 173 g/mol. The second-order valence-electron chi connectivity index (χ2n) is 3.11. The molecule has 0 nitrogen and oxygen atoms in total. The van der Waals surface area contributed by atoms with Gasteiger partial charge in [-0.15, -0.1) is 0 Å². The molecule has 0 amide bonds. The Labute approximate surface area is 81.3 Å². The first-order valence-corrected chi connectivity index (χ1v) is 4.94. The molecule has 1 rings (SSSR count). The minimum absolute atomic E-state index is 1.15. The van der Waals surface area contributed by atoms with Crippen LogP contribution in [0.15, 0.2) is 36.4 Å². The van der Waals surface area contributed by atoms with E-state index in [9.17, 15) is 0 Å². The maximum absolute atomic E-state index is 2.23. The Morgan fingerprint density at radius 2 is 1.69 bits per heavy atom. The molecular weight excluding hydrogens is 156 g/mol. The Bertz CT molecular complexity index is 242. The van der Waals surface area contributed by atoms with E-state index >= 15 is 0 Å². The second-order valence-corrected chi connectivity index (χ2v) is 3.11. The smallest absolute Gasteiger partial charge is 0.00293 e. The predicted molar refractivity (Wildman–Crippen MR) is 59.3 cm³/mol. The van der Waals surface area contributed by atoms with Crippen LogP contribution in [0.1, 0.15) is 32.3 Å². The van der Waals surface area contributed by atoms with E-state index in [-0.39, 0.29) is 0 Å². The molecule has 0 spiro atoms. The summed E-state index contributed by atoms with van der Waals surface area (Å²) in [7, 11) is 0. The van der Waals surface area contributed by atoms with Crippen LogP contribution in [0.5, 0.6) is 0 Å². The van der Waals surface area contributed by atoms with Gasteiger partial charge in [-0.2, -0.15) is 0 Å². The highest BCUT2D eigenvalue weighted by molar-refractivity contribution is 5.51. The van der Waals surface area contributed by atoms with E-state index in [4.69, 9.17) is 0 Å². The molecule has 0 aromatic heterocycles. The van der Waals surface area contributed by atoms with Gasteiger partial charge < -0.3 is 0 Å². The number of hydrogen-bond acceptors (Lipinski definition) is 0. The van der Waals surface area contributed by atoms with Gasteiger partial charge >= 0.3 is 0 Å². The normalized spacial score (nSPS) is 11.3. The zero-order chi connectivity index (χ0) is 9.52. The van der Waals surface area contributed by atoms with Gasteiger partial charge in [0.1, 0.15) is 0 Å². The van der Waals surface area contributed by atoms with Crippen LogP contribution >= 0.6 is 0 Å². The topological polar surface area (TPSA) is 0 Å². The van der Waals surface area contributed by atoms with E-state index in [0.717, 1.165) is 12.8 Å². The molecule has 0 aliphatic heterocycles. The summed E-state index contributed by atoms with van der Waals surface area (Å²) in [5.41, 5.74) is 1.28. The summed E-state index contributed by atoms with van der Waals surface area (Å²) in [5.74, 6) is 1.50. The molecule has 0 saturated carbocycles. The van der Waals surface area contributed by atoms with E-state index in [0.29, 0.717) is 0 Å². The van der Waals surface area contributed by atoms with Gasteiger partial charge in [0, 0.05) is 0 Å². The van der Waals surface area contributed by atoms with E-state index < -0.39 is 0 Å². The molecule has 0 bridgehead atoms. The molecule has 0 saturated heterocycles. The summed E-state index contributed by atoms with van der Waals surface area (Å²) >= 11 is 0. The van der Waals surface area contributed by atoms with Crippen molar-refractivity contribution in [2.75, 3.05) is 0 Å². The van der Waals surface area contributed by atoms with Crippen molar-refractivity contribution in [3.63, 3.8) is 0 Å². The van der Waals surface area contributed by atoms with Gasteiger partial charge in [-0.05, 0) is 24.3 Å². The first-order valence-electron chi connectivity index (χ1n) is 4.94. The molecule has 0 heteroatoms. The zero-order valence-corrected chi connectivity index (χ0v) is 8.46. The number of allylic oxidation sites excluding steroid dienone is 1. The van der Waals surface area contributed by atoms with E-state index in [1.807, 2.05) is 6.07 Å². The molecule has 0 aliphatic carbocycles. The Hall–Kier alpha value is -1.04. The maximum atomic E-state index is 2.23. The number of rotatable bonds is 4. The lowest BCUT2D eigenvalue weighted by Gasteiger charge is -2.03. The van der Waals surface area contributed by atoms with Gasteiger partial charge in [-0.3, -0.25) is 0 Å². The van der Waals surface area contributed by atoms with Crippen molar-refractivity contribution in [3.8, 4) is 0 Å². The lowest BCUT2D eigenvalue weighted by molar-refractivity contribution is 0.873. The van der Waals surface area contributed by atoms with Crippen LogP contribution in [-0.2, 0) is 0 Å². The second kappa shape index (κ2) is 5.58. The Balaban J connectivity index is 2.57. The van der Waals surface area contributed by atoms with Crippen LogP contribution in [0.3, 0.4) is 0 Å². The molecule has 0 aliphatic rings. The summed E-state index contributed by atoms with van der Waals surface area (Å²) < 4.78 is 0. The van der Waals surface area contributed by atoms with Gasteiger partial charge in [0.15, 0.2) is 0 Å². The fraction of sp³-hybridized carbons (Fsp3) is 0.308. The summed E-state index contributed by atoms with van der Waals surface area (Å²) in [5, 5.41) is 0. The van der Waals surface area contributed by atoms with Gasteiger partial charge in [-0.25, -0.2) is 0 Å². The standard InChI is InChI=1S/C13H17/c1-3-12(4-2)10-11-13-8-6-5-7-9-13/h5-11H,3-4H2,1-2H3/b11-10+. The first kappa shape index (κ1) is 10.0. The van der Waals surface area contributed by atoms with Gasteiger partial charge in [0.05, 0.1) is 0 Å². The fourth-order valence-corrected chi connectivity index (χ4v) is 1.26. The largest absolute Gasteiger partial charge is 0.0769 e. The van der Waals surface area contributed by atoms with Crippen LogP contribution in [0.4, 0.5) is 0 Å². The predicted octanol–water partition coefficient (Wildman–Crippen LogP) is 4.09. The van der Waals surface area contributed by atoms with Crippen molar-refractivity contribution in [2.45, 2.75) is 26.7 Å².